The monoisotopic (exact) mass is 297 g/mol. The zero-order valence-corrected chi connectivity index (χ0v) is 12.5. The first-order valence-electron chi connectivity index (χ1n) is 7.17. The molecule has 6 nitrogen and oxygen atoms in total. The minimum Gasteiger partial charge on any atom is -0.488 e. The Kier molecular flexibility index (Phi) is 7.71. The second-order valence-corrected chi connectivity index (χ2v) is 4.96. The van der Waals surface area contributed by atoms with Crippen LogP contribution in [0.5, 0.6) is 5.75 Å². The van der Waals surface area contributed by atoms with Crippen molar-refractivity contribution in [3.63, 3.8) is 0 Å². The van der Waals surface area contributed by atoms with E-state index in [4.69, 9.17) is 9.47 Å². The Morgan fingerprint density at radius 3 is 2.86 bits per heavy atom. The van der Waals surface area contributed by atoms with Crippen LogP contribution in [0.3, 0.4) is 0 Å². The lowest BCUT2D eigenvalue weighted by Gasteiger charge is -2.16. The number of ether oxygens (including phenoxy) is 2. The number of nitro groups is 1. The van der Waals surface area contributed by atoms with E-state index >= 15 is 0 Å². The van der Waals surface area contributed by atoms with Gasteiger partial charge in [0.15, 0.2) is 0 Å². The summed E-state index contributed by atoms with van der Waals surface area (Å²) >= 11 is 0. The Balaban J connectivity index is 2.49. The van der Waals surface area contributed by atoms with Crippen molar-refractivity contribution >= 4 is 0 Å². The normalized spacial score (nSPS) is 13.7. The second kappa shape index (κ2) is 9.31. The lowest BCUT2D eigenvalue weighted by atomic mass is 10.1. The van der Waals surface area contributed by atoms with Crippen LogP contribution in [0.1, 0.15) is 38.4 Å². The molecule has 0 bridgehead atoms. The van der Waals surface area contributed by atoms with Crippen LogP contribution in [-0.2, 0) is 4.74 Å². The van der Waals surface area contributed by atoms with Gasteiger partial charge in [0, 0.05) is 11.5 Å². The largest absolute Gasteiger partial charge is 0.488 e. The summed E-state index contributed by atoms with van der Waals surface area (Å²) in [6.07, 6.45) is 0.866. The summed E-state index contributed by atoms with van der Waals surface area (Å²) in [5.41, 5.74) is 0.475. The Morgan fingerprint density at radius 1 is 1.43 bits per heavy atom. The number of aliphatic hydroxyl groups is 1. The first kappa shape index (κ1) is 17.4. The lowest BCUT2D eigenvalue weighted by Crippen LogP contribution is -2.19. The highest BCUT2D eigenvalue weighted by atomic mass is 16.6. The van der Waals surface area contributed by atoms with E-state index in [1.807, 2.05) is 6.92 Å². The molecular formula is C15H23NO5. The van der Waals surface area contributed by atoms with Crippen LogP contribution < -0.4 is 4.74 Å². The van der Waals surface area contributed by atoms with Crippen molar-refractivity contribution in [1.82, 2.24) is 0 Å². The highest BCUT2D eigenvalue weighted by molar-refractivity contribution is 5.30. The van der Waals surface area contributed by atoms with E-state index in [0.717, 1.165) is 12.8 Å². The van der Waals surface area contributed by atoms with Crippen LogP contribution in [-0.4, -0.2) is 35.9 Å². The summed E-state index contributed by atoms with van der Waals surface area (Å²) in [7, 11) is 0. The van der Waals surface area contributed by atoms with Crippen molar-refractivity contribution < 1.29 is 19.5 Å². The van der Waals surface area contributed by atoms with Gasteiger partial charge < -0.3 is 14.6 Å². The predicted molar refractivity (Wildman–Crippen MR) is 79.1 cm³/mol. The number of hydrogen-bond donors (Lipinski definition) is 1. The summed E-state index contributed by atoms with van der Waals surface area (Å²) in [6.45, 7) is 4.68. The van der Waals surface area contributed by atoms with E-state index in [1.165, 1.54) is 0 Å². The SMILES string of the molecule is CCCCOC[C@H](C)Oc1cccc([C@H](O)C[N+](=O)[O-])c1. The molecule has 0 aliphatic rings. The Morgan fingerprint density at radius 2 is 2.19 bits per heavy atom. The number of unbranched alkanes of at least 4 members (excludes halogenated alkanes) is 1. The maximum absolute atomic E-state index is 10.4. The topological polar surface area (TPSA) is 81.8 Å². The zero-order chi connectivity index (χ0) is 15.7. The summed E-state index contributed by atoms with van der Waals surface area (Å²) in [5, 5.41) is 20.1. The number of benzene rings is 1. The molecule has 0 heterocycles. The van der Waals surface area contributed by atoms with Crippen molar-refractivity contribution in [1.29, 1.82) is 0 Å². The van der Waals surface area contributed by atoms with Crippen LogP contribution in [0.15, 0.2) is 24.3 Å². The fraction of sp³-hybridized carbons (Fsp3) is 0.600. The molecule has 21 heavy (non-hydrogen) atoms. The van der Waals surface area contributed by atoms with Crippen LogP contribution >= 0.6 is 0 Å². The van der Waals surface area contributed by atoms with E-state index < -0.39 is 17.6 Å². The van der Waals surface area contributed by atoms with E-state index in [1.54, 1.807) is 24.3 Å². The molecule has 0 amide bonds. The van der Waals surface area contributed by atoms with E-state index in [0.29, 0.717) is 24.5 Å². The van der Waals surface area contributed by atoms with Crippen LogP contribution in [0.2, 0.25) is 0 Å². The first-order valence-corrected chi connectivity index (χ1v) is 7.17. The molecule has 1 N–H and O–H groups in total. The van der Waals surface area contributed by atoms with Gasteiger partial charge in [-0.25, -0.2) is 0 Å². The van der Waals surface area contributed by atoms with E-state index in [2.05, 4.69) is 6.92 Å². The number of hydrogen-bond acceptors (Lipinski definition) is 5. The summed E-state index contributed by atoms with van der Waals surface area (Å²) < 4.78 is 11.2. The fourth-order valence-electron chi connectivity index (χ4n) is 1.80. The van der Waals surface area contributed by atoms with Gasteiger partial charge >= 0.3 is 0 Å². The third-order valence-corrected chi connectivity index (χ3v) is 2.90. The molecule has 0 radical (unpaired) electrons. The Bertz CT molecular complexity index is 438. The third-order valence-electron chi connectivity index (χ3n) is 2.90. The molecule has 0 unspecified atom stereocenters. The summed E-state index contributed by atoms with van der Waals surface area (Å²) in [6, 6.07) is 6.73. The molecule has 2 atom stereocenters. The molecule has 0 aromatic heterocycles. The van der Waals surface area contributed by atoms with Crippen LogP contribution in [0, 0.1) is 10.1 Å². The van der Waals surface area contributed by atoms with Gasteiger partial charge in [-0.3, -0.25) is 10.1 Å². The molecular weight excluding hydrogens is 274 g/mol. The summed E-state index contributed by atoms with van der Waals surface area (Å²) in [4.78, 5) is 9.88. The third kappa shape index (κ3) is 7.06. The highest BCUT2D eigenvalue weighted by Crippen LogP contribution is 2.20. The van der Waals surface area contributed by atoms with Gasteiger partial charge in [-0.15, -0.1) is 0 Å². The molecule has 1 rings (SSSR count). The molecule has 1 aromatic rings. The van der Waals surface area contributed by atoms with Gasteiger partial charge in [0.1, 0.15) is 18.0 Å². The number of rotatable bonds is 10. The van der Waals surface area contributed by atoms with Gasteiger partial charge in [-0.2, -0.15) is 0 Å². The van der Waals surface area contributed by atoms with Gasteiger partial charge in [0.25, 0.3) is 0 Å². The van der Waals surface area contributed by atoms with Crippen LogP contribution in [0.25, 0.3) is 0 Å². The predicted octanol–water partition coefficient (Wildman–Crippen LogP) is 2.58. The minimum atomic E-state index is -1.13. The quantitative estimate of drug-likeness (QED) is 0.408. The molecule has 0 saturated heterocycles. The molecule has 0 aliphatic heterocycles. The average molecular weight is 297 g/mol. The zero-order valence-electron chi connectivity index (χ0n) is 12.5. The molecule has 0 fully saturated rings. The fourth-order valence-corrected chi connectivity index (χ4v) is 1.80. The smallest absolute Gasteiger partial charge is 0.233 e. The highest BCUT2D eigenvalue weighted by Gasteiger charge is 2.15. The average Bonchev–Trinajstić information content (AvgIpc) is 2.43. The molecule has 118 valence electrons. The minimum absolute atomic E-state index is 0.121. The standard InChI is InChI=1S/C15H23NO5/c1-3-4-8-20-11-12(2)21-14-7-5-6-13(9-14)15(17)10-16(18)19/h5-7,9,12,15,17H,3-4,8,10-11H2,1-2H3/t12-,15+/m0/s1. The lowest BCUT2D eigenvalue weighted by molar-refractivity contribution is -0.491. The van der Waals surface area contributed by atoms with Crippen molar-refractivity contribution in [2.24, 2.45) is 0 Å². The second-order valence-electron chi connectivity index (χ2n) is 4.96. The first-order chi connectivity index (χ1) is 10.0. The summed E-state index contributed by atoms with van der Waals surface area (Å²) in [5.74, 6) is 0.571. The molecule has 0 aliphatic carbocycles. The maximum Gasteiger partial charge on any atom is 0.233 e. The van der Waals surface area contributed by atoms with Crippen molar-refractivity contribution in [3.05, 3.63) is 39.9 Å². The molecule has 6 heteroatoms. The number of nitrogens with zero attached hydrogens (tertiary/aromatic N) is 1. The van der Waals surface area contributed by atoms with Crippen molar-refractivity contribution in [3.8, 4) is 5.75 Å². The van der Waals surface area contributed by atoms with Crippen molar-refractivity contribution in [2.75, 3.05) is 19.8 Å². The van der Waals surface area contributed by atoms with E-state index in [-0.39, 0.29) is 6.10 Å². The van der Waals surface area contributed by atoms with E-state index in [9.17, 15) is 15.2 Å². The molecule has 1 aromatic carbocycles. The maximum atomic E-state index is 10.4. The van der Waals surface area contributed by atoms with Gasteiger partial charge in [-0.05, 0) is 31.0 Å². The molecule has 0 spiro atoms. The van der Waals surface area contributed by atoms with Gasteiger partial charge in [-0.1, -0.05) is 25.5 Å². The van der Waals surface area contributed by atoms with Crippen molar-refractivity contribution in [2.45, 2.75) is 38.9 Å². The molecule has 0 saturated carbocycles. The Labute approximate surface area is 124 Å². The van der Waals surface area contributed by atoms with Crippen LogP contribution in [0.4, 0.5) is 0 Å². The van der Waals surface area contributed by atoms with Gasteiger partial charge in [0.2, 0.25) is 6.54 Å². The number of aliphatic hydroxyl groups excluding tert-OH is 1. The van der Waals surface area contributed by atoms with Gasteiger partial charge in [0.05, 0.1) is 6.61 Å². The Hall–Kier alpha value is -1.66.